The number of carbonyl (C=O) groups is 2. The highest BCUT2D eigenvalue weighted by Gasteiger charge is 2.42. The minimum Gasteiger partial charge on any atom is -0.346 e. The Morgan fingerprint density at radius 2 is 1.95 bits per heavy atom. The number of halogens is 3. The molecule has 0 bridgehead atoms. The Hall–Kier alpha value is -1.73. The van der Waals surface area contributed by atoms with E-state index in [1.54, 1.807) is 24.3 Å². The van der Waals surface area contributed by atoms with E-state index in [9.17, 15) is 18.4 Å². The Labute approximate surface area is 126 Å². The van der Waals surface area contributed by atoms with Crippen LogP contribution in [0.2, 0.25) is 0 Å². The third kappa shape index (κ3) is 5.28. The number of hydrogen-bond acceptors (Lipinski definition) is 3. The maximum Gasteiger partial charge on any atom is 0.262 e. The lowest BCUT2D eigenvalue weighted by molar-refractivity contribution is -0.125. The van der Waals surface area contributed by atoms with Crippen molar-refractivity contribution >= 4 is 29.9 Å². The van der Waals surface area contributed by atoms with E-state index in [4.69, 9.17) is 0 Å². The normalized spacial score (nSPS) is 19.4. The molecule has 0 radical (unpaired) electrons. The topological polar surface area (TPSA) is 70.2 Å². The van der Waals surface area contributed by atoms with Gasteiger partial charge in [0, 0.05) is 12.1 Å². The smallest absolute Gasteiger partial charge is 0.262 e. The van der Waals surface area contributed by atoms with Crippen LogP contribution >= 0.6 is 12.4 Å². The van der Waals surface area contributed by atoms with E-state index < -0.39 is 36.7 Å². The van der Waals surface area contributed by atoms with E-state index >= 15 is 0 Å². The van der Waals surface area contributed by atoms with Crippen LogP contribution in [0.4, 0.5) is 14.5 Å². The molecule has 0 saturated carbocycles. The molecule has 5 nitrogen and oxygen atoms in total. The van der Waals surface area contributed by atoms with Gasteiger partial charge in [-0.25, -0.2) is 8.78 Å². The first-order valence-electron chi connectivity index (χ1n) is 6.20. The standard InChI is InChI=1S/C13H15F2N3O2.ClH/c14-13(15)6-10(17-8-13)12(20)16-7-11(19)18-9-4-2-1-3-5-9;/h1-5,10,17H,6-8H2,(H,16,20)(H,18,19);1H. The summed E-state index contributed by atoms with van der Waals surface area (Å²) in [6, 6.07) is 7.80. The molecule has 1 saturated heterocycles. The van der Waals surface area contributed by atoms with Crippen molar-refractivity contribution in [1.82, 2.24) is 10.6 Å². The summed E-state index contributed by atoms with van der Waals surface area (Å²) in [7, 11) is 0. The van der Waals surface area contributed by atoms with E-state index in [2.05, 4.69) is 16.0 Å². The van der Waals surface area contributed by atoms with Crippen molar-refractivity contribution in [3.8, 4) is 0 Å². The van der Waals surface area contributed by atoms with Crippen molar-refractivity contribution in [1.29, 1.82) is 0 Å². The summed E-state index contributed by atoms with van der Waals surface area (Å²) in [6.07, 6.45) is -0.543. The molecule has 1 atom stereocenters. The molecule has 1 aliphatic heterocycles. The highest BCUT2D eigenvalue weighted by atomic mass is 35.5. The van der Waals surface area contributed by atoms with E-state index in [0.29, 0.717) is 5.69 Å². The number of benzene rings is 1. The Morgan fingerprint density at radius 3 is 2.52 bits per heavy atom. The van der Waals surface area contributed by atoms with E-state index in [1.807, 2.05) is 6.07 Å². The molecule has 1 fully saturated rings. The largest absolute Gasteiger partial charge is 0.346 e. The summed E-state index contributed by atoms with van der Waals surface area (Å²) in [6.45, 7) is -0.765. The van der Waals surface area contributed by atoms with Crippen LogP contribution in [-0.2, 0) is 9.59 Å². The van der Waals surface area contributed by atoms with Gasteiger partial charge in [0.05, 0.1) is 19.1 Å². The number of carbonyl (C=O) groups excluding carboxylic acids is 2. The van der Waals surface area contributed by atoms with Crippen LogP contribution in [0.25, 0.3) is 0 Å². The first-order chi connectivity index (χ1) is 9.46. The number of hydrogen-bond donors (Lipinski definition) is 3. The summed E-state index contributed by atoms with van der Waals surface area (Å²) in [4.78, 5) is 23.2. The minimum atomic E-state index is -2.87. The molecule has 1 aromatic rings. The molecule has 0 aliphatic carbocycles. The Kier molecular flexibility index (Phi) is 6.04. The molecule has 0 spiro atoms. The van der Waals surface area contributed by atoms with Gasteiger partial charge < -0.3 is 10.6 Å². The lowest BCUT2D eigenvalue weighted by atomic mass is 10.2. The molecular formula is C13H16ClF2N3O2. The quantitative estimate of drug-likeness (QED) is 0.780. The van der Waals surface area contributed by atoms with Crippen LogP contribution in [0.3, 0.4) is 0 Å². The maximum atomic E-state index is 12.9. The summed E-state index contributed by atoms with van der Waals surface area (Å²) < 4.78 is 25.8. The highest BCUT2D eigenvalue weighted by Crippen LogP contribution is 2.24. The fourth-order valence-corrected chi connectivity index (χ4v) is 1.92. The van der Waals surface area contributed by atoms with E-state index in [0.717, 1.165) is 0 Å². The molecule has 1 heterocycles. The number of anilines is 1. The zero-order valence-electron chi connectivity index (χ0n) is 11.1. The highest BCUT2D eigenvalue weighted by molar-refractivity contribution is 5.95. The van der Waals surface area contributed by atoms with Crippen molar-refractivity contribution in [2.24, 2.45) is 0 Å². The summed E-state index contributed by atoms with van der Waals surface area (Å²) in [5.74, 6) is -3.87. The molecule has 21 heavy (non-hydrogen) atoms. The fourth-order valence-electron chi connectivity index (χ4n) is 1.92. The molecule has 2 rings (SSSR count). The number of rotatable bonds is 4. The monoisotopic (exact) mass is 319 g/mol. The van der Waals surface area contributed by atoms with Gasteiger partial charge in [-0.3, -0.25) is 14.9 Å². The lowest BCUT2D eigenvalue weighted by Crippen LogP contribution is -2.43. The zero-order valence-corrected chi connectivity index (χ0v) is 11.9. The second-order valence-electron chi connectivity index (χ2n) is 4.63. The fraction of sp³-hybridized carbons (Fsp3) is 0.385. The summed E-state index contributed by atoms with van der Waals surface area (Å²) in [5, 5.41) is 7.34. The van der Waals surface area contributed by atoms with Crippen molar-refractivity contribution < 1.29 is 18.4 Å². The Bertz CT molecular complexity index is 499. The van der Waals surface area contributed by atoms with Crippen LogP contribution in [0.5, 0.6) is 0 Å². The summed E-state index contributed by atoms with van der Waals surface area (Å²) in [5.41, 5.74) is 0.609. The predicted molar refractivity (Wildman–Crippen MR) is 76.7 cm³/mol. The van der Waals surface area contributed by atoms with Crippen LogP contribution in [0, 0.1) is 0 Å². The molecule has 1 unspecified atom stereocenters. The molecule has 8 heteroatoms. The SMILES string of the molecule is Cl.O=C(CNC(=O)C1CC(F)(F)CN1)Nc1ccccc1. The van der Waals surface area contributed by atoms with Crippen LogP contribution in [-0.4, -0.2) is 36.9 Å². The van der Waals surface area contributed by atoms with Crippen LogP contribution < -0.4 is 16.0 Å². The number of nitrogens with one attached hydrogen (secondary N) is 3. The van der Waals surface area contributed by atoms with Crippen molar-refractivity contribution in [2.75, 3.05) is 18.4 Å². The number of amides is 2. The first kappa shape index (κ1) is 17.3. The van der Waals surface area contributed by atoms with Gasteiger partial charge in [0.2, 0.25) is 11.8 Å². The van der Waals surface area contributed by atoms with Crippen LogP contribution in [0.15, 0.2) is 30.3 Å². The van der Waals surface area contributed by atoms with Crippen LogP contribution in [0.1, 0.15) is 6.42 Å². The molecule has 1 aromatic carbocycles. The first-order valence-corrected chi connectivity index (χ1v) is 6.20. The average Bonchev–Trinajstić information content (AvgIpc) is 2.78. The summed E-state index contributed by atoms with van der Waals surface area (Å²) >= 11 is 0. The van der Waals surface area contributed by atoms with Gasteiger partial charge in [-0.05, 0) is 12.1 Å². The second kappa shape index (κ2) is 7.33. The Balaban J connectivity index is 0.00000220. The van der Waals surface area contributed by atoms with Crippen molar-refractivity contribution in [2.45, 2.75) is 18.4 Å². The minimum absolute atomic E-state index is 0. The van der Waals surface area contributed by atoms with Crippen molar-refractivity contribution in [3.63, 3.8) is 0 Å². The maximum absolute atomic E-state index is 12.9. The third-order valence-electron chi connectivity index (χ3n) is 2.91. The Morgan fingerprint density at radius 1 is 1.29 bits per heavy atom. The van der Waals surface area contributed by atoms with E-state index in [-0.39, 0.29) is 19.0 Å². The number of alkyl halides is 2. The van der Waals surface area contributed by atoms with Crippen molar-refractivity contribution in [3.05, 3.63) is 30.3 Å². The van der Waals surface area contributed by atoms with Gasteiger partial charge in [-0.15, -0.1) is 12.4 Å². The lowest BCUT2D eigenvalue weighted by Gasteiger charge is -2.11. The molecule has 3 N–H and O–H groups in total. The van der Waals surface area contributed by atoms with Gasteiger partial charge in [0.15, 0.2) is 0 Å². The predicted octanol–water partition coefficient (Wildman–Crippen LogP) is 1.16. The molecule has 0 aromatic heterocycles. The molecule has 2 amide bonds. The average molecular weight is 320 g/mol. The van der Waals surface area contributed by atoms with Gasteiger partial charge in [-0.1, -0.05) is 18.2 Å². The van der Waals surface area contributed by atoms with Gasteiger partial charge >= 0.3 is 0 Å². The molecule has 116 valence electrons. The number of para-hydroxylation sites is 1. The zero-order chi connectivity index (χ0) is 14.6. The van der Waals surface area contributed by atoms with Gasteiger partial charge in [-0.2, -0.15) is 0 Å². The third-order valence-corrected chi connectivity index (χ3v) is 2.91. The molecular weight excluding hydrogens is 304 g/mol. The van der Waals surface area contributed by atoms with Gasteiger partial charge in [0.25, 0.3) is 5.92 Å². The van der Waals surface area contributed by atoms with Gasteiger partial charge in [0.1, 0.15) is 0 Å². The molecule has 1 aliphatic rings. The second-order valence-corrected chi connectivity index (χ2v) is 4.63. The van der Waals surface area contributed by atoms with E-state index in [1.165, 1.54) is 0 Å².